The number of rotatable bonds is 5. The molecule has 7 nitrogen and oxygen atoms in total. The molecule has 0 radical (unpaired) electrons. The van der Waals surface area contributed by atoms with Crippen molar-refractivity contribution < 1.29 is 14.6 Å². The molecule has 0 unspecified atom stereocenters. The molecule has 170 valence electrons. The van der Waals surface area contributed by atoms with Crippen molar-refractivity contribution in [1.82, 2.24) is 15.2 Å². The summed E-state index contributed by atoms with van der Waals surface area (Å²) < 4.78 is 5.41. The lowest BCUT2D eigenvalue weighted by atomic mass is 9.76. The Hall–Kier alpha value is -2.64. The van der Waals surface area contributed by atoms with Crippen LogP contribution in [-0.4, -0.2) is 52.6 Å². The van der Waals surface area contributed by atoms with Crippen LogP contribution in [0.5, 0.6) is 0 Å². The molecule has 1 saturated heterocycles. The Kier molecular flexibility index (Phi) is 5.55. The van der Waals surface area contributed by atoms with Crippen LogP contribution < -0.4 is 4.90 Å². The zero-order valence-electron chi connectivity index (χ0n) is 18.9. The first-order valence-electron chi connectivity index (χ1n) is 11.6. The van der Waals surface area contributed by atoms with E-state index in [1.165, 1.54) is 11.3 Å². The first-order chi connectivity index (χ1) is 15.4. The van der Waals surface area contributed by atoms with Gasteiger partial charge < -0.3 is 19.7 Å². The van der Waals surface area contributed by atoms with Crippen LogP contribution in [0.4, 0.5) is 5.69 Å². The average Bonchev–Trinajstić information content (AvgIpc) is 3.39. The van der Waals surface area contributed by atoms with Crippen molar-refractivity contribution in [2.24, 2.45) is 11.3 Å². The second-order valence-corrected chi connectivity index (χ2v) is 9.93. The molecule has 1 aromatic carbocycles. The van der Waals surface area contributed by atoms with Crippen LogP contribution in [0.25, 0.3) is 22.3 Å². The zero-order valence-corrected chi connectivity index (χ0v) is 18.9. The van der Waals surface area contributed by atoms with Gasteiger partial charge in [-0.15, -0.1) is 0 Å². The SMILES string of the molecule is CC1(C)CCc2c(-c3cc4ccc(N(CCO)C(=O)C5CCOCC5)cc4[nH]3)n[nH]c2C1. The molecular weight excluding hydrogens is 404 g/mol. The highest BCUT2D eigenvalue weighted by molar-refractivity contribution is 5.98. The molecule has 3 N–H and O–H groups in total. The summed E-state index contributed by atoms with van der Waals surface area (Å²) in [6.07, 6.45) is 4.66. The van der Waals surface area contributed by atoms with Crippen molar-refractivity contribution in [3.63, 3.8) is 0 Å². The third-order valence-electron chi connectivity index (χ3n) is 6.99. The molecule has 3 heterocycles. The number of anilines is 1. The van der Waals surface area contributed by atoms with Crippen molar-refractivity contribution in [2.45, 2.75) is 46.0 Å². The van der Waals surface area contributed by atoms with Gasteiger partial charge in [-0.2, -0.15) is 5.10 Å². The summed E-state index contributed by atoms with van der Waals surface area (Å²) in [7, 11) is 0. The molecule has 1 amide bonds. The topological polar surface area (TPSA) is 94.2 Å². The summed E-state index contributed by atoms with van der Waals surface area (Å²) in [6.45, 7) is 6.07. The van der Waals surface area contributed by atoms with Crippen LogP contribution in [0.15, 0.2) is 24.3 Å². The third kappa shape index (κ3) is 3.95. The number of aromatic amines is 2. The Morgan fingerprint density at radius 2 is 2.09 bits per heavy atom. The van der Waals surface area contributed by atoms with Crippen molar-refractivity contribution in [2.75, 3.05) is 31.3 Å². The van der Waals surface area contributed by atoms with Crippen LogP contribution >= 0.6 is 0 Å². The first-order valence-corrected chi connectivity index (χ1v) is 11.6. The number of hydrogen-bond donors (Lipinski definition) is 3. The van der Waals surface area contributed by atoms with Gasteiger partial charge in [0.2, 0.25) is 5.91 Å². The molecule has 1 aliphatic carbocycles. The summed E-state index contributed by atoms with van der Waals surface area (Å²) in [5.41, 5.74) is 6.63. The molecule has 2 aromatic heterocycles. The minimum Gasteiger partial charge on any atom is -0.395 e. The molecule has 1 aliphatic heterocycles. The fraction of sp³-hybridized carbons (Fsp3) is 0.520. The number of nitrogens with one attached hydrogen (secondary N) is 2. The molecule has 32 heavy (non-hydrogen) atoms. The van der Waals surface area contributed by atoms with Gasteiger partial charge in [0, 0.05) is 53.5 Å². The lowest BCUT2D eigenvalue weighted by Crippen LogP contribution is -2.40. The maximum atomic E-state index is 13.2. The standard InChI is InChI=1S/C25H32N4O3/c1-25(2)8-5-19-22(15-25)27-28-23(19)21-13-17-3-4-18(14-20(17)26-21)29(9-10-30)24(31)16-6-11-32-12-7-16/h3-4,13-14,16,26,30H,5-12,15H2,1-2H3,(H,27,28). The Morgan fingerprint density at radius 3 is 2.88 bits per heavy atom. The molecule has 2 aliphatic rings. The number of carbonyl (C=O) groups is 1. The van der Waals surface area contributed by atoms with Crippen LogP contribution in [0.2, 0.25) is 0 Å². The number of ether oxygens (including phenoxy) is 1. The van der Waals surface area contributed by atoms with Crippen molar-refractivity contribution in [3.05, 3.63) is 35.5 Å². The van der Waals surface area contributed by atoms with Gasteiger partial charge >= 0.3 is 0 Å². The lowest BCUT2D eigenvalue weighted by molar-refractivity contribution is -0.125. The Bertz CT molecular complexity index is 1120. The number of nitrogens with zero attached hydrogens (tertiary/aromatic N) is 2. The second kappa shape index (κ2) is 8.37. The molecule has 0 atom stereocenters. The summed E-state index contributed by atoms with van der Waals surface area (Å²) in [5, 5.41) is 18.6. The normalized spacial score (nSPS) is 18.6. The molecule has 0 spiro atoms. The number of hydrogen-bond acceptors (Lipinski definition) is 4. The van der Waals surface area contributed by atoms with Gasteiger partial charge in [0.15, 0.2) is 0 Å². The Labute approximate surface area is 188 Å². The van der Waals surface area contributed by atoms with E-state index in [2.05, 4.69) is 35.1 Å². The number of benzene rings is 1. The van der Waals surface area contributed by atoms with E-state index in [-0.39, 0.29) is 25.0 Å². The van der Waals surface area contributed by atoms with Crippen LogP contribution in [-0.2, 0) is 22.4 Å². The summed E-state index contributed by atoms with van der Waals surface area (Å²) in [4.78, 5) is 18.4. The van der Waals surface area contributed by atoms with E-state index < -0.39 is 0 Å². The molecule has 3 aromatic rings. The number of aliphatic hydroxyl groups excluding tert-OH is 1. The fourth-order valence-corrected chi connectivity index (χ4v) is 5.11. The molecule has 7 heteroatoms. The first kappa shape index (κ1) is 21.2. The summed E-state index contributed by atoms with van der Waals surface area (Å²) >= 11 is 0. The molecule has 1 fully saturated rings. The highest BCUT2D eigenvalue weighted by atomic mass is 16.5. The van der Waals surface area contributed by atoms with Crippen LogP contribution in [0.1, 0.15) is 44.4 Å². The molecule has 0 saturated carbocycles. The predicted octanol–water partition coefficient (Wildman–Crippen LogP) is 3.82. The minimum absolute atomic E-state index is 0.0509. The fourth-order valence-electron chi connectivity index (χ4n) is 5.11. The Morgan fingerprint density at radius 1 is 1.28 bits per heavy atom. The minimum atomic E-state index is -0.0707. The largest absolute Gasteiger partial charge is 0.395 e. The van der Waals surface area contributed by atoms with Gasteiger partial charge in [0.1, 0.15) is 5.69 Å². The van der Waals surface area contributed by atoms with E-state index in [9.17, 15) is 9.90 Å². The number of aliphatic hydroxyl groups is 1. The molecular formula is C25H32N4O3. The quantitative estimate of drug-likeness (QED) is 0.567. The van der Waals surface area contributed by atoms with Gasteiger partial charge in [0.05, 0.1) is 12.3 Å². The Balaban J connectivity index is 1.45. The van der Waals surface area contributed by atoms with Crippen molar-refractivity contribution in [3.8, 4) is 11.4 Å². The van der Waals surface area contributed by atoms with Crippen LogP contribution in [0.3, 0.4) is 0 Å². The van der Waals surface area contributed by atoms with Crippen molar-refractivity contribution in [1.29, 1.82) is 0 Å². The number of fused-ring (bicyclic) bond motifs is 2. The zero-order chi connectivity index (χ0) is 22.3. The summed E-state index contributed by atoms with van der Waals surface area (Å²) in [5.74, 6) is 0.0162. The third-order valence-corrected chi connectivity index (χ3v) is 6.99. The van der Waals surface area contributed by atoms with Gasteiger partial charge in [0.25, 0.3) is 0 Å². The monoisotopic (exact) mass is 436 g/mol. The van der Waals surface area contributed by atoms with E-state index >= 15 is 0 Å². The van der Waals surface area contributed by atoms with E-state index in [4.69, 9.17) is 4.74 Å². The highest BCUT2D eigenvalue weighted by Gasteiger charge is 2.30. The number of carbonyl (C=O) groups excluding carboxylic acids is 1. The second-order valence-electron chi connectivity index (χ2n) is 9.93. The van der Waals surface area contributed by atoms with Gasteiger partial charge in [-0.1, -0.05) is 19.9 Å². The van der Waals surface area contributed by atoms with E-state index in [1.54, 1.807) is 4.90 Å². The molecule has 0 bridgehead atoms. The van der Waals surface area contributed by atoms with E-state index in [0.717, 1.165) is 60.1 Å². The lowest BCUT2D eigenvalue weighted by Gasteiger charge is -2.29. The number of amides is 1. The van der Waals surface area contributed by atoms with E-state index in [0.29, 0.717) is 18.6 Å². The van der Waals surface area contributed by atoms with Gasteiger partial charge in [-0.25, -0.2) is 0 Å². The van der Waals surface area contributed by atoms with Gasteiger partial charge in [-0.3, -0.25) is 9.89 Å². The number of aromatic nitrogens is 3. The van der Waals surface area contributed by atoms with Crippen LogP contribution in [0, 0.1) is 11.3 Å². The van der Waals surface area contributed by atoms with Gasteiger partial charge in [-0.05, 0) is 55.7 Å². The highest BCUT2D eigenvalue weighted by Crippen LogP contribution is 2.38. The average molecular weight is 437 g/mol. The predicted molar refractivity (Wildman–Crippen MR) is 125 cm³/mol. The number of H-pyrrole nitrogens is 2. The maximum Gasteiger partial charge on any atom is 0.230 e. The summed E-state index contributed by atoms with van der Waals surface area (Å²) in [6, 6.07) is 8.14. The van der Waals surface area contributed by atoms with E-state index in [1.807, 2.05) is 18.2 Å². The molecule has 5 rings (SSSR count). The smallest absolute Gasteiger partial charge is 0.230 e. The maximum absolute atomic E-state index is 13.2. The van der Waals surface area contributed by atoms with Crippen molar-refractivity contribution >= 4 is 22.5 Å².